The number of benzene rings is 3. The standard InChI is InChI=1S/C46H68O3/c1-3-5-7-9-10-11-12-13-14-15-16-17-18-19-20-30-38-47-40-45(48-39-31-8-6-4-2)41-49-46(42-32-24-21-25-33-42,43-34-26-22-27-35-43)44-36-28-23-29-37-44/h21-29,31-37,39,45H,3-20,30,38,40-41H2,1-2H3/t45-/m1/s1. The van der Waals surface area contributed by atoms with E-state index in [0.29, 0.717) is 13.2 Å². The van der Waals surface area contributed by atoms with Gasteiger partial charge in [-0.3, -0.25) is 0 Å². The quantitative estimate of drug-likeness (QED) is 0.0402. The van der Waals surface area contributed by atoms with Crippen LogP contribution in [0.4, 0.5) is 0 Å². The van der Waals surface area contributed by atoms with Crippen LogP contribution in [0.15, 0.2) is 103 Å². The molecular formula is C46H68O3. The molecule has 3 nitrogen and oxygen atoms in total. The van der Waals surface area contributed by atoms with Crippen molar-refractivity contribution in [1.82, 2.24) is 0 Å². The molecular weight excluding hydrogens is 601 g/mol. The molecule has 49 heavy (non-hydrogen) atoms. The third-order valence-corrected chi connectivity index (χ3v) is 9.56. The van der Waals surface area contributed by atoms with Gasteiger partial charge in [0.05, 0.1) is 19.5 Å². The van der Waals surface area contributed by atoms with Gasteiger partial charge < -0.3 is 14.2 Å². The van der Waals surface area contributed by atoms with Gasteiger partial charge in [-0.25, -0.2) is 0 Å². The van der Waals surface area contributed by atoms with E-state index in [2.05, 4.69) is 111 Å². The van der Waals surface area contributed by atoms with Crippen molar-refractivity contribution in [3.63, 3.8) is 0 Å². The highest BCUT2D eigenvalue weighted by Crippen LogP contribution is 2.40. The molecule has 0 saturated heterocycles. The predicted molar refractivity (Wildman–Crippen MR) is 209 cm³/mol. The maximum absolute atomic E-state index is 7.08. The number of hydrogen-bond donors (Lipinski definition) is 0. The number of rotatable bonds is 30. The highest BCUT2D eigenvalue weighted by molar-refractivity contribution is 5.47. The largest absolute Gasteiger partial charge is 0.494 e. The van der Waals surface area contributed by atoms with Gasteiger partial charge in [0.15, 0.2) is 0 Å². The molecule has 0 aliphatic heterocycles. The number of hydrogen-bond acceptors (Lipinski definition) is 3. The monoisotopic (exact) mass is 669 g/mol. The van der Waals surface area contributed by atoms with Crippen LogP contribution in [0.1, 0.15) is 153 Å². The van der Waals surface area contributed by atoms with E-state index in [9.17, 15) is 0 Å². The zero-order valence-electron chi connectivity index (χ0n) is 31.2. The summed E-state index contributed by atoms with van der Waals surface area (Å²) in [5.41, 5.74) is 2.52. The van der Waals surface area contributed by atoms with Gasteiger partial charge in [-0.15, -0.1) is 0 Å². The molecule has 3 heteroatoms. The van der Waals surface area contributed by atoms with E-state index in [-0.39, 0.29) is 6.10 Å². The van der Waals surface area contributed by atoms with Crippen LogP contribution in [0.5, 0.6) is 0 Å². The van der Waals surface area contributed by atoms with Crippen molar-refractivity contribution in [3.8, 4) is 0 Å². The van der Waals surface area contributed by atoms with E-state index in [4.69, 9.17) is 14.2 Å². The van der Waals surface area contributed by atoms with Gasteiger partial charge in [-0.1, -0.05) is 208 Å². The van der Waals surface area contributed by atoms with E-state index >= 15 is 0 Å². The molecule has 0 unspecified atom stereocenters. The maximum Gasteiger partial charge on any atom is 0.144 e. The van der Waals surface area contributed by atoms with Crippen LogP contribution in [-0.2, 0) is 19.8 Å². The zero-order chi connectivity index (χ0) is 34.5. The highest BCUT2D eigenvalue weighted by Gasteiger charge is 2.38. The lowest BCUT2D eigenvalue weighted by Gasteiger charge is -2.37. The summed E-state index contributed by atoms with van der Waals surface area (Å²) < 4.78 is 19.6. The van der Waals surface area contributed by atoms with E-state index in [1.54, 1.807) is 0 Å². The SMILES string of the molecule is CCCCC=CO[C@H](COCCCCCCCCCCCCCCCCCC)COC(c1ccccc1)(c1ccccc1)c1ccccc1. The Bertz CT molecular complexity index is 1080. The van der Waals surface area contributed by atoms with Crippen LogP contribution in [-0.4, -0.2) is 25.9 Å². The Balaban J connectivity index is 1.45. The van der Waals surface area contributed by atoms with Crippen LogP contribution in [0.3, 0.4) is 0 Å². The lowest BCUT2D eigenvalue weighted by Crippen LogP contribution is -2.37. The summed E-state index contributed by atoms with van der Waals surface area (Å²) in [6, 6.07) is 31.7. The fourth-order valence-corrected chi connectivity index (χ4v) is 6.64. The molecule has 0 saturated carbocycles. The van der Waals surface area contributed by atoms with Crippen molar-refractivity contribution in [2.24, 2.45) is 0 Å². The topological polar surface area (TPSA) is 27.7 Å². The molecule has 0 spiro atoms. The second-order valence-electron chi connectivity index (χ2n) is 13.7. The number of ether oxygens (including phenoxy) is 3. The molecule has 3 aromatic rings. The number of allylic oxidation sites excluding steroid dienone is 1. The fraction of sp³-hybridized carbons (Fsp3) is 0.565. The molecule has 0 amide bonds. The molecule has 3 aromatic carbocycles. The normalized spacial score (nSPS) is 12.4. The van der Waals surface area contributed by atoms with Crippen LogP contribution in [0, 0.1) is 0 Å². The van der Waals surface area contributed by atoms with Gasteiger partial charge in [0.25, 0.3) is 0 Å². The summed E-state index contributed by atoms with van der Waals surface area (Å²) in [5.74, 6) is 0. The lowest BCUT2D eigenvalue weighted by molar-refractivity contribution is -0.0685. The third kappa shape index (κ3) is 16.1. The summed E-state index contributed by atoms with van der Waals surface area (Å²) in [6.45, 7) is 6.18. The Kier molecular flexibility index (Phi) is 22.3. The molecule has 0 aliphatic carbocycles. The van der Waals surface area contributed by atoms with E-state index < -0.39 is 5.60 Å². The molecule has 3 rings (SSSR count). The van der Waals surface area contributed by atoms with Crippen molar-refractivity contribution >= 4 is 0 Å². The van der Waals surface area contributed by atoms with Crippen molar-refractivity contribution in [2.45, 2.75) is 148 Å². The first kappa shape index (κ1) is 40.5. The summed E-state index contributed by atoms with van der Waals surface area (Å²) in [7, 11) is 0. The van der Waals surface area contributed by atoms with Crippen LogP contribution >= 0.6 is 0 Å². The smallest absolute Gasteiger partial charge is 0.144 e. The Morgan fingerprint density at radius 2 is 0.898 bits per heavy atom. The molecule has 0 aliphatic rings. The molecule has 0 fully saturated rings. The van der Waals surface area contributed by atoms with Gasteiger partial charge in [0, 0.05) is 6.61 Å². The molecule has 0 bridgehead atoms. The lowest BCUT2D eigenvalue weighted by atomic mass is 9.80. The first-order chi connectivity index (χ1) is 24.3. The van der Waals surface area contributed by atoms with Crippen molar-refractivity contribution in [3.05, 3.63) is 120 Å². The van der Waals surface area contributed by atoms with Gasteiger partial charge in [-0.2, -0.15) is 0 Å². The fourth-order valence-electron chi connectivity index (χ4n) is 6.64. The Hall–Kier alpha value is -2.88. The van der Waals surface area contributed by atoms with Gasteiger partial charge >= 0.3 is 0 Å². The van der Waals surface area contributed by atoms with E-state index in [1.165, 1.54) is 103 Å². The van der Waals surface area contributed by atoms with Gasteiger partial charge in [0.2, 0.25) is 0 Å². The average Bonchev–Trinajstić information content (AvgIpc) is 3.15. The van der Waals surface area contributed by atoms with Gasteiger partial charge in [0.1, 0.15) is 11.7 Å². The summed E-state index contributed by atoms with van der Waals surface area (Å²) in [5, 5.41) is 0. The zero-order valence-corrected chi connectivity index (χ0v) is 31.2. The molecule has 0 N–H and O–H groups in total. The number of unbranched alkanes of at least 4 members (excludes halogenated alkanes) is 17. The summed E-state index contributed by atoms with van der Waals surface area (Å²) >= 11 is 0. The second-order valence-corrected chi connectivity index (χ2v) is 13.7. The Labute approximate surface area is 300 Å². The van der Waals surface area contributed by atoms with Crippen LogP contribution < -0.4 is 0 Å². The highest BCUT2D eigenvalue weighted by atomic mass is 16.6. The van der Waals surface area contributed by atoms with Gasteiger partial charge in [-0.05, 0) is 42.0 Å². The third-order valence-electron chi connectivity index (χ3n) is 9.56. The van der Waals surface area contributed by atoms with Crippen molar-refractivity contribution < 1.29 is 14.2 Å². The van der Waals surface area contributed by atoms with E-state index in [1.807, 2.05) is 6.26 Å². The van der Waals surface area contributed by atoms with Crippen molar-refractivity contribution in [1.29, 1.82) is 0 Å². The molecule has 1 atom stereocenters. The van der Waals surface area contributed by atoms with E-state index in [0.717, 1.165) is 42.6 Å². The minimum Gasteiger partial charge on any atom is -0.494 e. The first-order valence-corrected chi connectivity index (χ1v) is 20.0. The summed E-state index contributed by atoms with van der Waals surface area (Å²) in [4.78, 5) is 0. The molecule has 0 heterocycles. The Morgan fingerprint density at radius 1 is 0.490 bits per heavy atom. The maximum atomic E-state index is 7.08. The minimum atomic E-state index is -0.773. The second kappa shape index (κ2) is 26.9. The summed E-state index contributed by atoms with van der Waals surface area (Å²) in [6.07, 6.45) is 29.1. The van der Waals surface area contributed by atoms with Crippen molar-refractivity contribution in [2.75, 3.05) is 19.8 Å². The van der Waals surface area contributed by atoms with Crippen LogP contribution in [0.2, 0.25) is 0 Å². The minimum absolute atomic E-state index is 0.213. The molecule has 0 aromatic heterocycles. The molecule has 0 radical (unpaired) electrons. The molecule has 270 valence electrons. The predicted octanol–water partition coefficient (Wildman–Crippen LogP) is 13.4. The Morgan fingerprint density at radius 3 is 1.33 bits per heavy atom. The first-order valence-electron chi connectivity index (χ1n) is 20.0. The average molecular weight is 669 g/mol. The van der Waals surface area contributed by atoms with Crippen LogP contribution in [0.25, 0.3) is 0 Å².